The highest BCUT2D eigenvalue weighted by Gasteiger charge is 2.52. The van der Waals surface area contributed by atoms with Crippen molar-refractivity contribution in [1.29, 1.82) is 0 Å². The Kier molecular flexibility index (Phi) is 6.88. The van der Waals surface area contributed by atoms with E-state index in [0.29, 0.717) is 0 Å². The normalized spacial score (nSPS) is 19.1. The average molecular weight is 865 g/mol. The van der Waals surface area contributed by atoms with E-state index >= 15 is 0 Å². The van der Waals surface area contributed by atoms with E-state index in [1.54, 1.807) is 0 Å². The minimum atomic E-state index is -0.117. The van der Waals surface area contributed by atoms with Crippen molar-refractivity contribution in [1.82, 2.24) is 9.13 Å². The number of benzene rings is 8. The van der Waals surface area contributed by atoms with Crippen LogP contribution >= 0.6 is 0 Å². The van der Waals surface area contributed by atoms with E-state index < -0.39 is 0 Å². The summed E-state index contributed by atoms with van der Waals surface area (Å²) in [6.45, 7) is 12.0. The third-order valence-electron chi connectivity index (χ3n) is 17.1. The second kappa shape index (κ2) is 12.3. The lowest BCUT2D eigenvalue weighted by molar-refractivity contribution is 0.325. The predicted octanol–water partition coefficient (Wildman–Crippen LogP) is 16.6. The largest absolute Gasteiger partial charge is 0.455 e. The Morgan fingerprint density at radius 2 is 1.00 bits per heavy atom. The molecule has 0 spiro atoms. The predicted molar refractivity (Wildman–Crippen MR) is 279 cm³/mol. The van der Waals surface area contributed by atoms with Crippen molar-refractivity contribution in [3.8, 4) is 22.3 Å². The summed E-state index contributed by atoms with van der Waals surface area (Å²) in [5.41, 5.74) is 21.2. The Balaban J connectivity index is 1.02. The van der Waals surface area contributed by atoms with Crippen LogP contribution in [0.5, 0.6) is 0 Å². The Morgan fingerprint density at radius 1 is 0.463 bits per heavy atom. The van der Waals surface area contributed by atoms with Crippen LogP contribution in [0.3, 0.4) is 0 Å². The zero-order valence-corrected chi connectivity index (χ0v) is 38.8. The lowest BCUT2D eigenvalue weighted by Crippen LogP contribution is -2.34. The maximum atomic E-state index is 7.01. The molecule has 4 aromatic heterocycles. The number of aromatic nitrogens is 2. The Bertz CT molecular complexity index is 4320. The number of furan rings is 2. The van der Waals surface area contributed by atoms with Crippen LogP contribution in [0.1, 0.15) is 62.4 Å². The minimum Gasteiger partial charge on any atom is -0.455 e. The number of aryl methyl sites for hydroxylation is 2. The third-order valence-corrected chi connectivity index (χ3v) is 17.1. The maximum Gasteiger partial charge on any atom is 0.144 e. The van der Waals surface area contributed by atoms with Crippen LogP contribution < -0.4 is 0 Å². The summed E-state index contributed by atoms with van der Waals surface area (Å²) >= 11 is 0. The standard InChI is InChI=1S/C63H48N2O2/c1-61(2)44-19-11-8-16-36(44)37-25-24-34(30-47(37)61)42-32-48-53(55-38-17-9-14-22-50(38)66-59(42)55)40-26-27-41-54-49(65(7)58(41)57(40)64(48)6)33-43(60-56(54)39-18-10-15-23-51(39)67-60)35-28-29-63(5)46-21-13-12-20-45(46)62(3,4)52(63)31-35/h8-33,52H,1-7H3. The zero-order valence-electron chi connectivity index (χ0n) is 38.8. The maximum absolute atomic E-state index is 7.01. The smallest absolute Gasteiger partial charge is 0.144 e. The Labute approximate surface area is 388 Å². The molecule has 12 aromatic rings. The van der Waals surface area contributed by atoms with Crippen LogP contribution in [-0.2, 0) is 30.3 Å². The van der Waals surface area contributed by atoms with Crippen LogP contribution in [-0.4, -0.2) is 9.13 Å². The molecule has 4 heteroatoms. The first-order valence-corrected chi connectivity index (χ1v) is 23.8. The van der Waals surface area contributed by atoms with Crippen molar-refractivity contribution in [3.63, 3.8) is 0 Å². The van der Waals surface area contributed by atoms with Gasteiger partial charge in [-0.15, -0.1) is 0 Å². The van der Waals surface area contributed by atoms with Crippen LogP contribution in [0, 0.1) is 5.92 Å². The second-order valence-corrected chi connectivity index (χ2v) is 21.1. The molecule has 67 heavy (non-hydrogen) atoms. The molecule has 0 bridgehead atoms. The first kappa shape index (κ1) is 37.6. The molecule has 3 aliphatic rings. The van der Waals surface area contributed by atoms with Gasteiger partial charge in [-0.1, -0.05) is 162 Å². The van der Waals surface area contributed by atoms with E-state index in [4.69, 9.17) is 8.83 Å². The molecular weight excluding hydrogens is 817 g/mol. The van der Waals surface area contributed by atoms with Gasteiger partial charge in [0.25, 0.3) is 0 Å². The fourth-order valence-corrected chi connectivity index (χ4v) is 13.9. The van der Waals surface area contributed by atoms with Crippen molar-refractivity contribution >= 4 is 93.1 Å². The number of hydrogen-bond donors (Lipinski definition) is 0. The molecule has 4 heterocycles. The highest BCUT2D eigenvalue weighted by Crippen LogP contribution is 2.59. The topological polar surface area (TPSA) is 36.1 Å². The highest BCUT2D eigenvalue weighted by atomic mass is 16.3. The molecule has 0 fully saturated rings. The molecule has 2 atom stereocenters. The van der Waals surface area contributed by atoms with Gasteiger partial charge in [-0.25, -0.2) is 0 Å². The summed E-state index contributed by atoms with van der Waals surface area (Å²) in [6.07, 6.45) is 7.39. The average Bonchev–Trinajstić information content (AvgIpc) is 4.15. The number of fused-ring (bicyclic) bond motifs is 21. The molecular formula is C63H48N2O2. The highest BCUT2D eigenvalue weighted by molar-refractivity contribution is 6.35. The van der Waals surface area contributed by atoms with Crippen molar-refractivity contribution in [3.05, 3.63) is 186 Å². The quantitative estimate of drug-likeness (QED) is 0.174. The number of allylic oxidation sites excluding steroid dienone is 4. The summed E-state index contributed by atoms with van der Waals surface area (Å²) in [5.74, 6) is 0.288. The number of rotatable bonds is 2. The van der Waals surface area contributed by atoms with Gasteiger partial charge in [0.15, 0.2) is 0 Å². The summed E-state index contributed by atoms with van der Waals surface area (Å²) in [7, 11) is 4.52. The fraction of sp³-hybridized carbons (Fsp3) is 0.175. The summed E-state index contributed by atoms with van der Waals surface area (Å²) in [5, 5.41) is 9.52. The number of hydrogen-bond acceptors (Lipinski definition) is 2. The zero-order chi connectivity index (χ0) is 45.0. The molecule has 0 saturated heterocycles. The first-order valence-electron chi connectivity index (χ1n) is 23.8. The molecule has 322 valence electrons. The molecule has 0 amide bonds. The van der Waals surface area contributed by atoms with Crippen molar-refractivity contribution in [2.24, 2.45) is 20.0 Å². The Hall–Kier alpha value is -7.56. The van der Waals surface area contributed by atoms with Gasteiger partial charge < -0.3 is 18.0 Å². The van der Waals surface area contributed by atoms with E-state index in [9.17, 15) is 0 Å². The minimum absolute atomic E-state index is 0.0349. The molecule has 15 rings (SSSR count). The van der Waals surface area contributed by atoms with Crippen molar-refractivity contribution < 1.29 is 8.83 Å². The van der Waals surface area contributed by atoms with E-state index in [2.05, 4.69) is 216 Å². The molecule has 0 aliphatic heterocycles. The lowest BCUT2D eigenvalue weighted by atomic mass is 9.66. The van der Waals surface area contributed by atoms with Gasteiger partial charge in [0.2, 0.25) is 0 Å². The molecule has 0 N–H and O–H groups in total. The van der Waals surface area contributed by atoms with Gasteiger partial charge in [0.1, 0.15) is 22.3 Å². The number of nitrogens with zero attached hydrogens (tertiary/aromatic N) is 2. The monoisotopic (exact) mass is 864 g/mol. The van der Waals surface area contributed by atoms with Crippen LogP contribution in [0.25, 0.3) is 115 Å². The van der Waals surface area contributed by atoms with E-state index in [1.165, 1.54) is 98.9 Å². The first-order chi connectivity index (χ1) is 32.4. The number of para-hydroxylation sites is 2. The van der Waals surface area contributed by atoms with Crippen LogP contribution in [0.2, 0.25) is 0 Å². The van der Waals surface area contributed by atoms with Gasteiger partial charge in [-0.2, -0.15) is 0 Å². The molecule has 0 radical (unpaired) electrons. The van der Waals surface area contributed by atoms with Gasteiger partial charge >= 0.3 is 0 Å². The second-order valence-electron chi connectivity index (χ2n) is 21.1. The SMILES string of the molecule is Cn1c2cc(C3=CC4C(C)(C)c5ccccc5C4(C)C=C3)c3oc4ccccc4c3c2c2ccc3c4c5c(oc6ccccc65)c(-c5ccc6c(c5)C(C)(C)c5ccccc5-6)cc4n(C)c3c21. The van der Waals surface area contributed by atoms with E-state index in [-0.39, 0.29) is 22.2 Å². The summed E-state index contributed by atoms with van der Waals surface area (Å²) in [4.78, 5) is 0. The molecule has 4 nitrogen and oxygen atoms in total. The van der Waals surface area contributed by atoms with E-state index in [0.717, 1.165) is 44.2 Å². The molecule has 8 aromatic carbocycles. The van der Waals surface area contributed by atoms with Gasteiger partial charge in [-0.3, -0.25) is 0 Å². The van der Waals surface area contributed by atoms with Crippen molar-refractivity contribution in [2.45, 2.75) is 50.9 Å². The third kappa shape index (κ3) is 4.45. The van der Waals surface area contributed by atoms with Gasteiger partial charge in [-0.05, 0) is 86.2 Å². The molecule has 3 aliphatic carbocycles. The van der Waals surface area contributed by atoms with E-state index in [1.807, 2.05) is 0 Å². The van der Waals surface area contributed by atoms with Crippen LogP contribution in [0.15, 0.2) is 167 Å². The van der Waals surface area contributed by atoms with Gasteiger partial charge in [0.05, 0.1) is 22.1 Å². The fourth-order valence-electron chi connectivity index (χ4n) is 13.9. The lowest BCUT2D eigenvalue weighted by Gasteiger charge is -2.37. The van der Waals surface area contributed by atoms with Crippen LogP contribution in [0.4, 0.5) is 0 Å². The molecule has 2 unspecified atom stereocenters. The van der Waals surface area contributed by atoms with Gasteiger partial charge in [0, 0.05) is 79.1 Å². The summed E-state index contributed by atoms with van der Waals surface area (Å²) < 4.78 is 18.9. The Morgan fingerprint density at radius 3 is 1.66 bits per heavy atom. The summed E-state index contributed by atoms with van der Waals surface area (Å²) in [6, 6.07) is 51.7. The molecule has 0 saturated carbocycles. The van der Waals surface area contributed by atoms with Crippen molar-refractivity contribution in [2.75, 3.05) is 0 Å².